The number of benzene rings is 2. The number of aryl methyl sites for hydroxylation is 1. The maximum absolute atomic E-state index is 13.1. The minimum Gasteiger partial charge on any atom is -0.312 e. The molecule has 0 N–H and O–H groups in total. The zero-order valence-corrected chi connectivity index (χ0v) is 19.1. The third-order valence-corrected chi connectivity index (χ3v) is 6.82. The molecule has 0 aliphatic heterocycles. The van der Waals surface area contributed by atoms with Crippen molar-refractivity contribution in [3.8, 4) is 0 Å². The number of anilines is 1. The second kappa shape index (κ2) is 9.49. The summed E-state index contributed by atoms with van der Waals surface area (Å²) in [6.07, 6.45) is 0. The molecule has 2 aromatic carbocycles. The highest BCUT2D eigenvalue weighted by atomic mass is 32.2. The summed E-state index contributed by atoms with van der Waals surface area (Å²) in [6, 6.07) is 19.6. The molecule has 0 unspecified atom stereocenters. The molecule has 0 aliphatic rings. The van der Waals surface area contributed by atoms with Gasteiger partial charge in [0.25, 0.3) is 5.56 Å². The van der Waals surface area contributed by atoms with Crippen molar-refractivity contribution in [1.82, 2.24) is 9.55 Å². The zero-order valence-electron chi connectivity index (χ0n) is 17.4. The topological polar surface area (TPSA) is 55.2 Å². The van der Waals surface area contributed by atoms with E-state index in [4.69, 9.17) is 4.98 Å². The molecule has 0 saturated heterocycles. The molecule has 0 aliphatic carbocycles. The van der Waals surface area contributed by atoms with Gasteiger partial charge >= 0.3 is 0 Å². The fraction of sp³-hybridized carbons (Fsp3) is 0.208. The summed E-state index contributed by atoms with van der Waals surface area (Å²) in [5.41, 5.74) is 3.63. The van der Waals surface area contributed by atoms with Gasteiger partial charge in [-0.15, -0.1) is 11.3 Å². The van der Waals surface area contributed by atoms with Crippen molar-refractivity contribution in [3.05, 3.63) is 87.5 Å². The van der Waals surface area contributed by atoms with Gasteiger partial charge in [-0.25, -0.2) is 4.98 Å². The minimum absolute atomic E-state index is 0.0102. The van der Waals surface area contributed by atoms with E-state index in [0.29, 0.717) is 28.5 Å². The molecule has 0 fully saturated rings. The van der Waals surface area contributed by atoms with Crippen LogP contribution >= 0.6 is 23.1 Å². The lowest BCUT2D eigenvalue weighted by Gasteiger charge is -2.21. The number of carbonyl (C=O) groups is 1. The Labute approximate surface area is 189 Å². The maximum atomic E-state index is 13.1. The van der Waals surface area contributed by atoms with Crippen LogP contribution in [0, 0.1) is 6.92 Å². The molecule has 4 aromatic rings. The molecule has 0 atom stereocenters. The molecule has 2 heterocycles. The number of fused-ring (bicyclic) bond motifs is 1. The van der Waals surface area contributed by atoms with Gasteiger partial charge in [-0.2, -0.15) is 0 Å². The van der Waals surface area contributed by atoms with Crippen molar-refractivity contribution in [2.45, 2.75) is 25.5 Å². The molecule has 7 heteroatoms. The third kappa shape index (κ3) is 4.73. The van der Waals surface area contributed by atoms with Crippen LogP contribution < -0.4 is 10.5 Å². The molecule has 31 heavy (non-hydrogen) atoms. The van der Waals surface area contributed by atoms with Crippen LogP contribution in [0.1, 0.15) is 18.1 Å². The van der Waals surface area contributed by atoms with E-state index in [1.54, 1.807) is 9.47 Å². The first kappa shape index (κ1) is 21.3. The highest BCUT2D eigenvalue weighted by molar-refractivity contribution is 7.99. The molecule has 1 amide bonds. The van der Waals surface area contributed by atoms with Crippen LogP contribution in [0.2, 0.25) is 0 Å². The first-order valence-corrected chi connectivity index (χ1v) is 11.9. The van der Waals surface area contributed by atoms with Gasteiger partial charge in [0.15, 0.2) is 5.16 Å². The van der Waals surface area contributed by atoms with Crippen LogP contribution in [-0.2, 0) is 11.3 Å². The highest BCUT2D eigenvalue weighted by Crippen LogP contribution is 2.23. The van der Waals surface area contributed by atoms with E-state index in [-0.39, 0.29) is 17.2 Å². The van der Waals surface area contributed by atoms with E-state index in [9.17, 15) is 9.59 Å². The lowest BCUT2D eigenvalue weighted by Crippen LogP contribution is -2.32. The molecule has 158 valence electrons. The van der Waals surface area contributed by atoms with Crippen LogP contribution in [-0.4, -0.2) is 27.8 Å². The van der Waals surface area contributed by atoms with Crippen LogP contribution in [0.4, 0.5) is 5.69 Å². The van der Waals surface area contributed by atoms with E-state index in [1.807, 2.05) is 79.9 Å². The van der Waals surface area contributed by atoms with Gasteiger partial charge in [0.1, 0.15) is 4.70 Å². The van der Waals surface area contributed by atoms with E-state index in [0.717, 1.165) is 16.8 Å². The van der Waals surface area contributed by atoms with E-state index >= 15 is 0 Å². The second-order valence-corrected chi connectivity index (χ2v) is 9.03. The predicted octanol–water partition coefficient (Wildman–Crippen LogP) is 4.96. The summed E-state index contributed by atoms with van der Waals surface area (Å²) < 4.78 is 2.32. The SMILES string of the molecule is CCN(C(=O)CSc1nc2ccsc2c(=O)n1Cc1ccccc1)c1cccc(C)c1. The van der Waals surface area contributed by atoms with Crippen molar-refractivity contribution in [2.24, 2.45) is 0 Å². The van der Waals surface area contributed by atoms with E-state index in [2.05, 4.69) is 0 Å². The monoisotopic (exact) mass is 449 g/mol. The Bertz CT molecular complexity index is 1260. The Hall–Kier alpha value is -2.90. The number of hydrogen-bond donors (Lipinski definition) is 0. The quantitative estimate of drug-likeness (QED) is 0.296. The molecule has 5 nitrogen and oxygen atoms in total. The van der Waals surface area contributed by atoms with Crippen molar-refractivity contribution in [1.29, 1.82) is 0 Å². The second-order valence-electron chi connectivity index (χ2n) is 7.17. The summed E-state index contributed by atoms with van der Waals surface area (Å²) >= 11 is 2.71. The smallest absolute Gasteiger partial charge is 0.272 e. The molecule has 4 rings (SSSR count). The molecule has 0 spiro atoms. The van der Waals surface area contributed by atoms with Crippen LogP contribution in [0.15, 0.2) is 76.0 Å². The fourth-order valence-electron chi connectivity index (χ4n) is 3.44. The fourth-order valence-corrected chi connectivity index (χ4v) is 5.10. The molecule has 0 bridgehead atoms. The summed E-state index contributed by atoms with van der Waals surface area (Å²) in [5, 5.41) is 2.44. The van der Waals surface area contributed by atoms with Crippen molar-refractivity contribution < 1.29 is 4.79 Å². The summed E-state index contributed by atoms with van der Waals surface area (Å²) in [7, 11) is 0. The molecule has 0 radical (unpaired) electrons. The number of thioether (sulfide) groups is 1. The number of thiophene rings is 1. The Morgan fingerprint density at radius 3 is 2.68 bits per heavy atom. The lowest BCUT2D eigenvalue weighted by atomic mass is 10.2. The number of hydrogen-bond acceptors (Lipinski definition) is 5. The number of aromatic nitrogens is 2. The third-order valence-electron chi connectivity index (χ3n) is 4.97. The average Bonchev–Trinajstić information content (AvgIpc) is 3.25. The van der Waals surface area contributed by atoms with Gasteiger partial charge in [0.05, 0.1) is 17.8 Å². The Balaban J connectivity index is 1.62. The minimum atomic E-state index is -0.0650. The van der Waals surface area contributed by atoms with Gasteiger partial charge in [-0.3, -0.25) is 14.2 Å². The van der Waals surface area contributed by atoms with E-state index in [1.165, 1.54) is 23.1 Å². The first-order valence-electron chi connectivity index (χ1n) is 10.1. The van der Waals surface area contributed by atoms with Crippen molar-refractivity contribution in [2.75, 3.05) is 17.2 Å². The average molecular weight is 450 g/mol. The van der Waals surface area contributed by atoms with Crippen LogP contribution in [0.25, 0.3) is 10.2 Å². The van der Waals surface area contributed by atoms with Crippen LogP contribution in [0.5, 0.6) is 0 Å². The van der Waals surface area contributed by atoms with Gasteiger partial charge in [0.2, 0.25) is 5.91 Å². The Morgan fingerprint density at radius 1 is 1.13 bits per heavy atom. The number of carbonyl (C=O) groups excluding carboxylic acids is 1. The van der Waals surface area contributed by atoms with E-state index < -0.39 is 0 Å². The van der Waals surface area contributed by atoms with Gasteiger partial charge < -0.3 is 4.90 Å². The Morgan fingerprint density at radius 2 is 1.94 bits per heavy atom. The lowest BCUT2D eigenvalue weighted by molar-refractivity contribution is -0.116. The van der Waals surface area contributed by atoms with Gasteiger partial charge in [0, 0.05) is 12.2 Å². The van der Waals surface area contributed by atoms with Gasteiger partial charge in [-0.1, -0.05) is 54.2 Å². The van der Waals surface area contributed by atoms with Crippen molar-refractivity contribution >= 4 is 44.9 Å². The Kier molecular flexibility index (Phi) is 6.53. The predicted molar refractivity (Wildman–Crippen MR) is 129 cm³/mol. The number of amides is 1. The standard InChI is InChI=1S/C24H23N3O2S2/c1-3-26(19-11-7-8-17(2)14-19)21(28)16-31-24-25-20-12-13-30-22(20)23(29)27(24)15-18-9-5-4-6-10-18/h4-14H,3,15-16H2,1-2H3. The summed E-state index contributed by atoms with van der Waals surface area (Å²) in [4.78, 5) is 32.6. The normalized spacial score (nSPS) is 11.0. The molecular weight excluding hydrogens is 426 g/mol. The number of nitrogens with zero attached hydrogens (tertiary/aromatic N) is 3. The number of rotatable bonds is 7. The zero-order chi connectivity index (χ0) is 21.8. The van der Waals surface area contributed by atoms with Crippen LogP contribution in [0.3, 0.4) is 0 Å². The molecule has 0 saturated carbocycles. The summed E-state index contributed by atoms with van der Waals surface area (Å²) in [5.74, 6) is 0.197. The summed E-state index contributed by atoms with van der Waals surface area (Å²) in [6.45, 7) is 4.98. The highest BCUT2D eigenvalue weighted by Gasteiger charge is 2.18. The maximum Gasteiger partial charge on any atom is 0.272 e. The first-order chi connectivity index (χ1) is 15.1. The van der Waals surface area contributed by atoms with Crippen molar-refractivity contribution in [3.63, 3.8) is 0 Å². The van der Waals surface area contributed by atoms with Gasteiger partial charge in [-0.05, 0) is 48.6 Å². The molecule has 2 aromatic heterocycles. The molecular formula is C24H23N3O2S2. The largest absolute Gasteiger partial charge is 0.312 e.